The summed E-state index contributed by atoms with van der Waals surface area (Å²) < 4.78 is 47.9. The zero-order valence-electron chi connectivity index (χ0n) is 39.2. The van der Waals surface area contributed by atoms with Crippen molar-refractivity contribution in [3.05, 3.63) is 118 Å². The topological polar surface area (TPSA) is 207 Å². The van der Waals surface area contributed by atoms with E-state index in [0.29, 0.717) is 11.5 Å². The van der Waals surface area contributed by atoms with Gasteiger partial charge in [0.2, 0.25) is 5.91 Å². The number of ketones is 2. The van der Waals surface area contributed by atoms with E-state index in [1.807, 2.05) is 111 Å². The minimum absolute atomic E-state index is 0.0106. The third-order valence-corrected chi connectivity index (χ3v) is 12.9. The molecule has 5 rings (SSSR count). The number of methoxy groups -OCH3 is 2. The fourth-order valence-electron chi connectivity index (χ4n) is 7.66. The summed E-state index contributed by atoms with van der Waals surface area (Å²) in [6.07, 6.45) is -4.14. The van der Waals surface area contributed by atoms with Crippen LogP contribution in [0.1, 0.15) is 96.6 Å². The van der Waals surface area contributed by atoms with E-state index in [-0.39, 0.29) is 74.8 Å². The average Bonchev–Trinajstić information content (AvgIpc) is 3.63. The van der Waals surface area contributed by atoms with E-state index in [9.17, 15) is 29.2 Å². The number of aromatic nitrogens is 2. The quantitative estimate of drug-likeness (QED) is 0.0297. The number of benzene rings is 3. The van der Waals surface area contributed by atoms with Crippen LogP contribution in [-0.2, 0) is 48.0 Å². The summed E-state index contributed by atoms with van der Waals surface area (Å²) in [7, 11) is 1.14. The molecule has 2 heterocycles. The molecule has 0 saturated carbocycles. The minimum atomic E-state index is -2.02. The number of hydrogen-bond donors (Lipinski definition) is 1. The lowest BCUT2D eigenvalue weighted by Crippen LogP contribution is -2.44. The van der Waals surface area contributed by atoms with Crippen LogP contribution in [0.2, 0.25) is 0 Å². The molecule has 3 aromatic carbocycles. The molecule has 0 radical (unpaired) electrons. The Kier molecular flexibility index (Phi) is 19.3. The SMILES string of the molecule is COc1ccc(C(OC[C@H]2O[C@@H](n3ccc(NC(=O)CCC(C)=O)nc3=O)[C@H](OC(=O)CCC(C)=O)[C@@H]2OP(OCCC#N)N(C(C)C)C(C)C)(c2ccccc2)c2ccc(OC)cc2)cc1. The van der Waals surface area contributed by atoms with Crippen molar-refractivity contribution in [2.45, 2.75) is 116 Å². The third kappa shape index (κ3) is 13.6. The first-order chi connectivity index (χ1) is 32.1. The highest BCUT2D eigenvalue weighted by molar-refractivity contribution is 7.44. The van der Waals surface area contributed by atoms with Gasteiger partial charge < -0.3 is 47.6 Å². The number of Topliss-reactive ketones (excluding diaryl/α,β-unsaturated/α-hetero) is 2. The van der Waals surface area contributed by atoms with Gasteiger partial charge in [-0.15, -0.1) is 0 Å². The van der Waals surface area contributed by atoms with Gasteiger partial charge in [0.15, 0.2) is 12.3 Å². The number of carbonyl (C=O) groups is 4. The number of anilines is 1. The Hall–Kier alpha value is -5.86. The van der Waals surface area contributed by atoms with Crippen LogP contribution in [0.5, 0.6) is 11.5 Å². The smallest absolute Gasteiger partial charge is 0.351 e. The van der Waals surface area contributed by atoms with Gasteiger partial charge in [-0.05, 0) is 88.6 Å². The van der Waals surface area contributed by atoms with E-state index < -0.39 is 56.2 Å². The van der Waals surface area contributed by atoms with Crippen LogP contribution in [0, 0.1) is 11.3 Å². The van der Waals surface area contributed by atoms with Gasteiger partial charge in [-0.2, -0.15) is 10.2 Å². The van der Waals surface area contributed by atoms with E-state index in [1.54, 1.807) is 14.2 Å². The molecular formula is C49H60N5O12P. The normalized spacial score (nSPS) is 17.5. The van der Waals surface area contributed by atoms with Crippen molar-refractivity contribution >= 4 is 37.8 Å². The number of hydrogen-bond acceptors (Lipinski definition) is 15. The number of nitrogens with zero attached hydrogens (tertiary/aromatic N) is 4. The van der Waals surface area contributed by atoms with Crippen molar-refractivity contribution < 1.29 is 51.9 Å². The van der Waals surface area contributed by atoms with Gasteiger partial charge in [0.05, 0.1) is 46.3 Å². The molecule has 4 aromatic rings. The molecule has 18 heteroatoms. The predicted molar refractivity (Wildman–Crippen MR) is 249 cm³/mol. The van der Waals surface area contributed by atoms with Crippen LogP contribution < -0.4 is 20.5 Å². The molecule has 5 atom stereocenters. The molecule has 1 amide bonds. The van der Waals surface area contributed by atoms with Crippen molar-refractivity contribution in [2.24, 2.45) is 0 Å². The molecule has 1 unspecified atom stereocenters. The highest BCUT2D eigenvalue weighted by atomic mass is 31.2. The number of esters is 1. The Morgan fingerprint density at radius 2 is 1.39 bits per heavy atom. The molecule has 17 nitrogen and oxygen atoms in total. The van der Waals surface area contributed by atoms with Crippen LogP contribution in [0.3, 0.4) is 0 Å². The number of ether oxygens (including phenoxy) is 5. The van der Waals surface area contributed by atoms with Crippen molar-refractivity contribution in [3.8, 4) is 17.6 Å². The number of amides is 1. The summed E-state index contributed by atoms with van der Waals surface area (Å²) in [6.45, 7) is 10.4. The minimum Gasteiger partial charge on any atom is -0.497 e. The number of nitriles is 1. The lowest BCUT2D eigenvalue weighted by Gasteiger charge is -2.39. The van der Waals surface area contributed by atoms with Crippen LogP contribution in [0.15, 0.2) is 95.9 Å². The van der Waals surface area contributed by atoms with Crippen molar-refractivity contribution in [3.63, 3.8) is 0 Å². The first-order valence-corrected chi connectivity index (χ1v) is 23.2. The highest BCUT2D eigenvalue weighted by Crippen LogP contribution is 2.51. The first kappa shape index (κ1) is 52.1. The van der Waals surface area contributed by atoms with Gasteiger partial charge in [0.1, 0.15) is 46.7 Å². The second kappa shape index (κ2) is 24.8. The molecule has 1 N–H and O–H groups in total. The van der Waals surface area contributed by atoms with Crippen LogP contribution in [0.4, 0.5) is 5.82 Å². The summed E-state index contributed by atoms with van der Waals surface area (Å²) in [4.78, 5) is 68.1. The van der Waals surface area contributed by atoms with Crippen molar-refractivity contribution in [1.29, 1.82) is 5.26 Å². The number of nitrogens with one attached hydrogen (secondary N) is 1. The van der Waals surface area contributed by atoms with E-state index >= 15 is 0 Å². The maximum atomic E-state index is 14.0. The predicted octanol–water partition coefficient (Wildman–Crippen LogP) is 7.42. The summed E-state index contributed by atoms with van der Waals surface area (Å²) in [5.74, 6) is -0.500. The van der Waals surface area contributed by atoms with E-state index in [4.69, 9.17) is 32.7 Å². The second-order valence-electron chi connectivity index (χ2n) is 16.4. The van der Waals surface area contributed by atoms with Crippen LogP contribution >= 0.6 is 8.53 Å². The van der Waals surface area contributed by atoms with E-state index in [1.165, 1.54) is 26.1 Å². The largest absolute Gasteiger partial charge is 0.497 e. The molecule has 0 aliphatic carbocycles. The third-order valence-electron chi connectivity index (χ3n) is 10.8. The first-order valence-electron chi connectivity index (χ1n) is 22.1. The van der Waals surface area contributed by atoms with Gasteiger partial charge in [-0.1, -0.05) is 54.6 Å². The molecule has 67 heavy (non-hydrogen) atoms. The Balaban J connectivity index is 1.69. The Labute approximate surface area is 392 Å². The van der Waals surface area contributed by atoms with Crippen LogP contribution in [0.25, 0.3) is 0 Å². The number of rotatable bonds is 25. The zero-order chi connectivity index (χ0) is 48.7. The fourth-order valence-corrected chi connectivity index (χ4v) is 9.43. The van der Waals surface area contributed by atoms with Gasteiger partial charge in [0.25, 0.3) is 8.53 Å². The summed E-state index contributed by atoms with van der Waals surface area (Å²) in [5.41, 5.74) is -0.0149. The molecular weight excluding hydrogens is 882 g/mol. The molecule has 358 valence electrons. The van der Waals surface area contributed by atoms with Gasteiger partial charge >= 0.3 is 11.7 Å². The maximum Gasteiger partial charge on any atom is 0.351 e. The lowest BCUT2D eigenvalue weighted by molar-refractivity contribution is -0.159. The molecule has 1 saturated heterocycles. The summed E-state index contributed by atoms with van der Waals surface area (Å²) >= 11 is 0. The molecule has 0 spiro atoms. The second-order valence-corrected chi connectivity index (χ2v) is 17.8. The Morgan fingerprint density at radius 1 is 0.821 bits per heavy atom. The standard InChI is InChI=1S/C49H60N5O12P/c1-32(2)54(33(3)4)67(63-30-12-28-50)66-45-41(31-62-49(36-13-10-9-11-14-36,37-17-21-39(60-7)22-18-37)38-19-23-40(61-8)24-20-38)64-47(46(45)65-44(58)26-16-35(6)56)53-29-27-42(52-48(53)59)51-43(57)25-15-34(5)55/h9-11,13-14,17-24,27,29,32-33,41,45-47H,12,15-16,25-26,30-31H2,1-8H3,(H,51,52,57,59)/t41-,45-,46-,47-,67?/m1/s1. The van der Waals surface area contributed by atoms with Gasteiger partial charge in [0, 0.05) is 37.5 Å². The van der Waals surface area contributed by atoms with Crippen molar-refractivity contribution in [2.75, 3.05) is 32.8 Å². The average molecular weight is 942 g/mol. The fraction of sp³-hybridized carbons (Fsp3) is 0.449. The van der Waals surface area contributed by atoms with Gasteiger partial charge in [-0.3, -0.25) is 14.2 Å². The molecule has 1 aromatic heterocycles. The van der Waals surface area contributed by atoms with Crippen LogP contribution in [-0.4, -0.2) is 95.5 Å². The highest BCUT2D eigenvalue weighted by Gasteiger charge is 2.53. The molecule has 1 aliphatic rings. The monoisotopic (exact) mass is 941 g/mol. The maximum absolute atomic E-state index is 14.0. The van der Waals surface area contributed by atoms with E-state index in [0.717, 1.165) is 21.3 Å². The Morgan fingerprint density at radius 3 is 1.91 bits per heavy atom. The Bertz CT molecular complexity index is 2320. The lowest BCUT2D eigenvalue weighted by atomic mass is 9.80. The van der Waals surface area contributed by atoms with E-state index in [2.05, 4.69) is 16.4 Å². The molecule has 1 aliphatic heterocycles. The molecule has 1 fully saturated rings. The zero-order valence-corrected chi connectivity index (χ0v) is 40.1. The summed E-state index contributed by atoms with van der Waals surface area (Å²) in [6, 6.07) is 27.8. The number of carbonyl (C=O) groups excluding carboxylic acids is 4. The van der Waals surface area contributed by atoms with Gasteiger partial charge in [-0.25, -0.2) is 9.46 Å². The summed E-state index contributed by atoms with van der Waals surface area (Å²) in [5, 5.41) is 12.0. The van der Waals surface area contributed by atoms with Crippen molar-refractivity contribution in [1.82, 2.24) is 14.2 Å². The molecule has 0 bridgehead atoms.